The Balaban J connectivity index is 3.19. The van der Waals surface area contributed by atoms with Gasteiger partial charge in [-0.25, -0.2) is 0 Å². The molecule has 0 bridgehead atoms. The van der Waals surface area contributed by atoms with Gasteiger partial charge in [0, 0.05) is 0 Å². The van der Waals surface area contributed by atoms with Gasteiger partial charge in [0.2, 0.25) is 0 Å². The maximum absolute atomic E-state index is 2.37. The first kappa shape index (κ1) is 12.3. The molecule has 0 unspecified atom stereocenters. The van der Waals surface area contributed by atoms with E-state index < -0.39 is 0 Å². The molecule has 0 aromatic carbocycles. The molecule has 0 aliphatic rings. The summed E-state index contributed by atoms with van der Waals surface area (Å²) < 4.78 is 0. The molecule has 0 nitrogen and oxygen atoms in total. The molecule has 74 valence electrons. The van der Waals surface area contributed by atoms with E-state index >= 15 is 0 Å². The zero-order chi connectivity index (χ0) is 9.45. The van der Waals surface area contributed by atoms with E-state index in [9.17, 15) is 0 Å². The summed E-state index contributed by atoms with van der Waals surface area (Å²) in [6, 6.07) is 0. The first-order valence-corrected chi connectivity index (χ1v) is 6.35. The Hall–Kier alpha value is 0.350. The van der Waals surface area contributed by atoms with Crippen LogP contribution in [0.2, 0.25) is 0 Å². The van der Waals surface area contributed by atoms with Crippen molar-refractivity contribution < 1.29 is 0 Å². The lowest BCUT2D eigenvalue weighted by atomic mass is 9.86. The summed E-state index contributed by atoms with van der Waals surface area (Å²) in [4.78, 5) is 0. The van der Waals surface area contributed by atoms with Crippen molar-refractivity contribution in [3.8, 4) is 0 Å². The fourth-order valence-corrected chi connectivity index (χ4v) is 1.92. The molecule has 0 aliphatic heterocycles. The molecule has 0 atom stereocenters. The highest BCUT2D eigenvalue weighted by molar-refractivity contribution is 7.99. The van der Waals surface area contributed by atoms with Crippen LogP contribution in [0.1, 0.15) is 53.4 Å². The van der Waals surface area contributed by atoms with E-state index in [-0.39, 0.29) is 0 Å². The molecule has 0 aromatic heterocycles. The second kappa shape index (κ2) is 6.82. The number of hydrogen-bond donors (Lipinski definition) is 0. The first-order chi connectivity index (χ1) is 5.62. The van der Waals surface area contributed by atoms with Crippen LogP contribution in [0.15, 0.2) is 0 Å². The molecule has 12 heavy (non-hydrogen) atoms. The van der Waals surface area contributed by atoms with Crippen LogP contribution in [0.3, 0.4) is 0 Å². The Kier molecular flexibility index (Phi) is 7.02. The normalized spacial score (nSPS) is 12.0. The van der Waals surface area contributed by atoms with Gasteiger partial charge in [-0.2, -0.15) is 11.8 Å². The summed E-state index contributed by atoms with van der Waals surface area (Å²) in [5.74, 6) is 2.70. The molecule has 0 N–H and O–H groups in total. The molecule has 0 radical (unpaired) electrons. The van der Waals surface area contributed by atoms with Gasteiger partial charge in [0.05, 0.1) is 0 Å². The van der Waals surface area contributed by atoms with Gasteiger partial charge in [-0.05, 0) is 36.2 Å². The highest BCUT2D eigenvalue weighted by Gasteiger charge is 2.13. The summed E-state index contributed by atoms with van der Waals surface area (Å²) in [5.41, 5.74) is 0.576. The third-order valence-corrected chi connectivity index (χ3v) is 3.72. The summed E-state index contributed by atoms with van der Waals surface area (Å²) in [6.07, 6.45) is 5.42. The predicted octanol–water partition coefficient (Wildman–Crippen LogP) is 4.35. The van der Waals surface area contributed by atoms with Crippen LogP contribution in [0.4, 0.5) is 0 Å². The van der Waals surface area contributed by atoms with Crippen LogP contribution < -0.4 is 0 Å². The van der Waals surface area contributed by atoms with Gasteiger partial charge in [0.1, 0.15) is 0 Å². The lowest BCUT2D eigenvalue weighted by Gasteiger charge is -2.21. The predicted molar refractivity (Wildman–Crippen MR) is 60.9 cm³/mol. The topological polar surface area (TPSA) is 0 Å². The second-order valence-corrected chi connectivity index (χ2v) is 5.46. The quantitative estimate of drug-likeness (QED) is 0.535. The van der Waals surface area contributed by atoms with E-state index in [2.05, 4.69) is 39.5 Å². The molecule has 0 amide bonds. The second-order valence-electron chi connectivity index (χ2n) is 4.23. The average molecular weight is 188 g/mol. The van der Waals surface area contributed by atoms with Crippen LogP contribution >= 0.6 is 11.8 Å². The lowest BCUT2D eigenvalue weighted by molar-refractivity contribution is 0.320. The van der Waals surface area contributed by atoms with E-state index in [1.165, 1.54) is 37.2 Å². The Bertz CT molecular complexity index is 97.2. The van der Waals surface area contributed by atoms with Gasteiger partial charge in [0.25, 0.3) is 0 Å². The Morgan fingerprint density at radius 1 is 1.08 bits per heavy atom. The fourth-order valence-electron chi connectivity index (χ4n) is 1.08. The molecular formula is C11H24S. The summed E-state index contributed by atoms with van der Waals surface area (Å²) >= 11 is 2.10. The van der Waals surface area contributed by atoms with E-state index in [1.807, 2.05) is 0 Å². The van der Waals surface area contributed by atoms with E-state index in [1.54, 1.807) is 0 Å². The summed E-state index contributed by atoms with van der Waals surface area (Å²) in [7, 11) is 0. The van der Waals surface area contributed by atoms with E-state index in [0.29, 0.717) is 5.41 Å². The molecule has 0 spiro atoms. The monoisotopic (exact) mass is 188 g/mol. The van der Waals surface area contributed by atoms with Gasteiger partial charge in [-0.3, -0.25) is 0 Å². The van der Waals surface area contributed by atoms with E-state index in [0.717, 1.165) is 0 Å². The average Bonchev–Trinajstić information content (AvgIpc) is 2.04. The van der Waals surface area contributed by atoms with Crippen molar-refractivity contribution in [1.82, 2.24) is 0 Å². The highest BCUT2D eigenvalue weighted by Crippen LogP contribution is 2.26. The molecular weight excluding hydrogens is 164 g/mol. The van der Waals surface area contributed by atoms with Crippen molar-refractivity contribution in [3.05, 3.63) is 0 Å². The zero-order valence-electron chi connectivity index (χ0n) is 9.15. The minimum absolute atomic E-state index is 0.576. The Labute approximate surface area is 82.5 Å². The highest BCUT2D eigenvalue weighted by atomic mass is 32.2. The minimum atomic E-state index is 0.576. The zero-order valence-corrected chi connectivity index (χ0v) is 9.97. The molecule has 0 fully saturated rings. The van der Waals surface area contributed by atoms with Gasteiger partial charge >= 0.3 is 0 Å². The van der Waals surface area contributed by atoms with Crippen molar-refractivity contribution in [2.24, 2.45) is 5.41 Å². The molecule has 0 aromatic rings. The maximum Gasteiger partial charge on any atom is -0.00673 e. The lowest BCUT2D eigenvalue weighted by Crippen LogP contribution is -2.09. The number of hydrogen-bond acceptors (Lipinski definition) is 1. The van der Waals surface area contributed by atoms with Gasteiger partial charge < -0.3 is 0 Å². The van der Waals surface area contributed by atoms with Crippen LogP contribution in [0.5, 0.6) is 0 Å². The fraction of sp³-hybridized carbons (Fsp3) is 1.00. The minimum Gasteiger partial charge on any atom is -0.162 e. The molecule has 0 rings (SSSR count). The SMILES string of the molecule is CCCSCCCC(C)(C)CC. The van der Waals surface area contributed by atoms with E-state index in [4.69, 9.17) is 0 Å². The standard InChI is InChI=1S/C11H24S/c1-5-9-12-10-7-8-11(3,4)6-2/h5-10H2,1-4H3. The first-order valence-electron chi connectivity index (χ1n) is 5.20. The molecule has 0 saturated carbocycles. The third-order valence-electron chi connectivity index (χ3n) is 2.45. The van der Waals surface area contributed by atoms with Gasteiger partial charge in [0.15, 0.2) is 0 Å². The van der Waals surface area contributed by atoms with Crippen molar-refractivity contribution >= 4 is 11.8 Å². The van der Waals surface area contributed by atoms with Crippen LogP contribution in [0, 0.1) is 5.41 Å². The van der Waals surface area contributed by atoms with Gasteiger partial charge in [-0.15, -0.1) is 0 Å². The van der Waals surface area contributed by atoms with Crippen LogP contribution in [-0.4, -0.2) is 11.5 Å². The van der Waals surface area contributed by atoms with Crippen molar-refractivity contribution in [2.75, 3.05) is 11.5 Å². The van der Waals surface area contributed by atoms with Crippen molar-refractivity contribution in [3.63, 3.8) is 0 Å². The van der Waals surface area contributed by atoms with Crippen LogP contribution in [-0.2, 0) is 0 Å². The Morgan fingerprint density at radius 2 is 1.75 bits per heavy atom. The van der Waals surface area contributed by atoms with Crippen LogP contribution in [0.25, 0.3) is 0 Å². The van der Waals surface area contributed by atoms with Crippen molar-refractivity contribution in [2.45, 2.75) is 53.4 Å². The third kappa shape index (κ3) is 7.02. The maximum atomic E-state index is 2.37. The Morgan fingerprint density at radius 3 is 2.25 bits per heavy atom. The van der Waals surface area contributed by atoms with Crippen molar-refractivity contribution in [1.29, 1.82) is 0 Å². The molecule has 0 aliphatic carbocycles. The summed E-state index contributed by atoms with van der Waals surface area (Å²) in [6.45, 7) is 9.29. The molecule has 1 heteroatoms. The largest absolute Gasteiger partial charge is 0.162 e. The number of rotatable bonds is 7. The van der Waals surface area contributed by atoms with Gasteiger partial charge in [-0.1, -0.05) is 34.1 Å². The molecule has 0 heterocycles. The summed E-state index contributed by atoms with van der Waals surface area (Å²) in [5, 5.41) is 0. The number of thioether (sulfide) groups is 1. The molecule has 0 saturated heterocycles. The smallest absolute Gasteiger partial charge is 0.00673 e.